The molecule has 0 radical (unpaired) electrons. The van der Waals surface area contributed by atoms with E-state index in [0.717, 1.165) is 0 Å². The Morgan fingerprint density at radius 1 is 1.08 bits per heavy atom. The van der Waals surface area contributed by atoms with E-state index in [1.54, 1.807) is 48.1 Å². The fourth-order valence-electron chi connectivity index (χ4n) is 2.36. The van der Waals surface area contributed by atoms with Gasteiger partial charge in [-0.1, -0.05) is 30.3 Å². The number of aryl methyl sites for hydroxylation is 1. The minimum absolute atomic E-state index is 0.0195. The zero-order valence-electron chi connectivity index (χ0n) is 12.7. The van der Waals surface area contributed by atoms with Gasteiger partial charge in [0.05, 0.1) is 0 Å². The van der Waals surface area contributed by atoms with Crippen LogP contribution in [0.2, 0.25) is 0 Å². The van der Waals surface area contributed by atoms with Crippen molar-refractivity contribution in [3.8, 4) is 0 Å². The lowest BCUT2D eigenvalue weighted by Crippen LogP contribution is -2.51. The average Bonchev–Trinajstić information content (AvgIpc) is 2.92. The number of carbonyl (C=O) groups excluding carboxylic acids is 3. The van der Waals surface area contributed by atoms with Gasteiger partial charge in [-0.3, -0.25) is 25.0 Å². The second kappa shape index (κ2) is 6.21. The summed E-state index contributed by atoms with van der Waals surface area (Å²) in [5, 5.41) is 4.72. The standard InChI is InChI=1S/C17H13N3O3S/c1-20-9-11(14(21)10-5-3-2-4-6-10)7-12(20)8-13-15(22)18-17(24)19-16(13)23/h2-9H,1H3,(H2,18,19,22,23,24). The molecule has 1 aliphatic heterocycles. The van der Waals surface area contributed by atoms with Crippen LogP contribution >= 0.6 is 12.2 Å². The molecule has 0 aliphatic carbocycles. The molecule has 1 aromatic carbocycles. The van der Waals surface area contributed by atoms with E-state index in [1.165, 1.54) is 6.08 Å². The molecule has 120 valence electrons. The first-order valence-corrected chi connectivity index (χ1v) is 7.51. The molecule has 1 aliphatic rings. The van der Waals surface area contributed by atoms with Crippen LogP contribution in [-0.2, 0) is 16.6 Å². The van der Waals surface area contributed by atoms with Crippen molar-refractivity contribution in [2.24, 2.45) is 7.05 Å². The molecule has 2 heterocycles. The number of ketones is 1. The Hall–Kier alpha value is -3.06. The number of nitrogens with one attached hydrogen (secondary N) is 2. The van der Waals surface area contributed by atoms with Crippen molar-refractivity contribution in [3.63, 3.8) is 0 Å². The van der Waals surface area contributed by atoms with Crippen molar-refractivity contribution in [2.75, 3.05) is 0 Å². The van der Waals surface area contributed by atoms with Crippen LogP contribution in [0.5, 0.6) is 0 Å². The lowest BCUT2D eigenvalue weighted by Gasteiger charge is -2.16. The van der Waals surface area contributed by atoms with Gasteiger partial charge in [0.2, 0.25) is 0 Å². The third-order valence-electron chi connectivity index (χ3n) is 3.58. The largest absolute Gasteiger partial charge is 0.350 e. The van der Waals surface area contributed by atoms with Crippen molar-refractivity contribution < 1.29 is 14.4 Å². The van der Waals surface area contributed by atoms with Gasteiger partial charge in [0.25, 0.3) is 11.8 Å². The topological polar surface area (TPSA) is 80.2 Å². The minimum Gasteiger partial charge on any atom is -0.350 e. The van der Waals surface area contributed by atoms with Gasteiger partial charge in [0.15, 0.2) is 10.9 Å². The van der Waals surface area contributed by atoms with Crippen LogP contribution in [-0.4, -0.2) is 27.3 Å². The lowest BCUT2D eigenvalue weighted by atomic mass is 10.1. The van der Waals surface area contributed by atoms with E-state index in [-0.39, 0.29) is 16.5 Å². The summed E-state index contributed by atoms with van der Waals surface area (Å²) >= 11 is 4.75. The first kappa shape index (κ1) is 15.8. The van der Waals surface area contributed by atoms with E-state index in [4.69, 9.17) is 12.2 Å². The summed E-state index contributed by atoms with van der Waals surface area (Å²) in [4.78, 5) is 36.2. The molecule has 24 heavy (non-hydrogen) atoms. The summed E-state index contributed by atoms with van der Waals surface area (Å²) in [5.41, 5.74) is 1.54. The number of amides is 2. The molecular formula is C17H13N3O3S. The molecule has 0 spiro atoms. The molecule has 1 saturated heterocycles. The average molecular weight is 339 g/mol. The van der Waals surface area contributed by atoms with E-state index in [1.807, 2.05) is 6.07 Å². The zero-order valence-corrected chi connectivity index (χ0v) is 13.5. The molecule has 0 atom stereocenters. The third kappa shape index (κ3) is 3.02. The highest BCUT2D eigenvalue weighted by molar-refractivity contribution is 7.80. The monoisotopic (exact) mass is 339 g/mol. The molecule has 6 nitrogen and oxygen atoms in total. The summed E-state index contributed by atoms with van der Waals surface area (Å²) < 4.78 is 1.68. The van der Waals surface area contributed by atoms with Crippen LogP contribution in [0.15, 0.2) is 48.2 Å². The van der Waals surface area contributed by atoms with Gasteiger partial charge in [0, 0.05) is 30.1 Å². The number of benzene rings is 1. The van der Waals surface area contributed by atoms with E-state index in [0.29, 0.717) is 16.8 Å². The van der Waals surface area contributed by atoms with Crippen LogP contribution in [0.25, 0.3) is 6.08 Å². The second-order valence-electron chi connectivity index (χ2n) is 5.26. The van der Waals surface area contributed by atoms with Gasteiger partial charge >= 0.3 is 0 Å². The number of hydrogen-bond acceptors (Lipinski definition) is 4. The van der Waals surface area contributed by atoms with Crippen LogP contribution in [0.3, 0.4) is 0 Å². The molecule has 1 fully saturated rings. The predicted molar refractivity (Wildman–Crippen MR) is 92.1 cm³/mol. The summed E-state index contributed by atoms with van der Waals surface area (Å²) in [5.74, 6) is -1.27. The minimum atomic E-state index is -0.569. The van der Waals surface area contributed by atoms with Crippen LogP contribution in [0.1, 0.15) is 21.6 Å². The van der Waals surface area contributed by atoms with Crippen LogP contribution < -0.4 is 10.6 Å². The molecule has 1 aromatic heterocycles. The molecule has 2 amide bonds. The number of nitrogens with zero attached hydrogens (tertiary/aromatic N) is 1. The number of thiocarbonyl (C=S) groups is 1. The SMILES string of the molecule is Cn1cc(C(=O)c2ccccc2)cc1C=C1C(=O)NC(=S)NC1=O. The van der Waals surface area contributed by atoms with Crippen molar-refractivity contribution in [2.45, 2.75) is 0 Å². The zero-order chi connectivity index (χ0) is 17.3. The number of hydrogen-bond donors (Lipinski definition) is 2. The fraction of sp³-hybridized carbons (Fsp3) is 0.0588. The predicted octanol–water partition coefficient (Wildman–Crippen LogP) is 1.17. The number of rotatable bonds is 3. The maximum Gasteiger partial charge on any atom is 0.263 e. The summed E-state index contributed by atoms with van der Waals surface area (Å²) in [6.07, 6.45) is 3.08. The van der Waals surface area contributed by atoms with Crippen LogP contribution in [0, 0.1) is 0 Å². The quantitative estimate of drug-likeness (QED) is 0.381. The molecule has 7 heteroatoms. The van der Waals surface area contributed by atoms with Gasteiger partial charge in [-0.2, -0.15) is 0 Å². The molecular weight excluding hydrogens is 326 g/mol. The van der Waals surface area contributed by atoms with Crippen LogP contribution in [0.4, 0.5) is 0 Å². The smallest absolute Gasteiger partial charge is 0.263 e. The van der Waals surface area contributed by atoms with Gasteiger partial charge in [-0.05, 0) is 24.4 Å². The highest BCUT2D eigenvalue weighted by Gasteiger charge is 2.26. The Morgan fingerprint density at radius 3 is 2.33 bits per heavy atom. The Labute approximate surface area is 143 Å². The first-order chi connectivity index (χ1) is 11.5. The van der Waals surface area contributed by atoms with Gasteiger partial charge in [0.1, 0.15) is 5.57 Å². The molecule has 3 rings (SSSR count). The highest BCUT2D eigenvalue weighted by Crippen LogP contribution is 2.16. The third-order valence-corrected chi connectivity index (χ3v) is 3.78. The van der Waals surface area contributed by atoms with E-state index < -0.39 is 11.8 Å². The Kier molecular flexibility index (Phi) is 4.09. The maximum atomic E-state index is 12.5. The normalized spacial score (nSPS) is 14.2. The van der Waals surface area contributed by atoms with E-state index in [2.05, 4.69) is 10.6 Å². The Balaban J connectivity index is 1.94. The van der Waals surface area contributed by atoms with Crippen molar-refractivity contribution >= 4 is 41.0 Å². The van der Waals surface area contributed by atoms with Crippen molar-refractivity contribution in [3.05, 3.63) is 65.0 Å². The molecule has 2 aromatic rings. The number of carbonyl (C=O) groups is 3. The summed E-state index contributed by atoms with van der Waals surface area (Å²) in [6.45, 7) is 0. The second-order valence-corrected chi connectivity index (χ2v) is 5.66. The molecule has 0 bridgehead atoms. The van der Waals surface area contributed by atoms with Crippen molar-refractivity contribution in [1.82, 2.24) is 15.2 Å². The van der Waals surface area contributed by atoms with E-state index in [9.17, 15) is 14.4 Å². The Morgan fingerprint density at radius 2 is 1.71 bits per heavy atom. The highest BCUT2D eigenvalue weighted by atomic mass is 32.1. The van der Waals surface area contributed by atoms with Gasteiger partial charge < -0.3 is 4.57 Å². The summed E-state index contributed by atoms with van der Waals surface area (Å²) in [6, 6.07) is 10.5. The number of aromatic nitrogens is 1. The first-order valence-electron chi connectivity index (χ1n) is 7.10. The molecule has 2 N–H and O–H groups in total. The van der Waals surface area contributed by atoms with Gasteiger partial charge in [-0.15, -0.1) is 0 Å². The fourth-order valence-corrected chi connectivity index (χ4v) is 2.55. The lowest BCUT2D eigenvalue weighted by molar-refractivity contribution is -0.123. The van der Waals surface area contributed by atoms with Crippen molar-refractivity contribution in [1.29, 1.82) is 0 Å². The summed E-state index contributed by atoms with van der Waals surface area (Å²) in [7, 11) is 1.73. The Bertz CT molecular complexity index is 875. The van der Waals surface area contributed by atoms with E-state index >= 15 is 0 Å². The maximum absolute atomic E-state index is 12.5. The molecule has 0 unspecified atom stereocenters. The van der Waals surface area contributed by atoms with Gasteiger partial charge in [-0.25, -0.2) is 0 Å². The molecule has 0 saturated carbocycles.